The van der Waals surface area contributed by atoms with Crippen molar-refractivity contribution in [1.82, 2.24) is 5.16 Å². The van der Waals surface area contributed by atoms with Crippen LogP contribution in [0.5, 0.6) is 5.75 Å². The molecule has 0 radical (unpaired) electrons. The number of furan rings is 1. The summed E-state index contributed by atoms with van der Waals surface area (Å²) < 4.78 is 16.2. The maximum Gasteiger partial charge on any atom is 0.180 e. The first kappa shape index (κ1) is 13.3. The van der Waals surface area contributed by atoms with E-state index in [0.717, 1.165) is 28.2 Å². The van der Waals surface area contributed by atoms with Gasteiger partial charge in [0.1, 0.15) is 11.5 Å². The molecule has 0 bridgehead atoms. The van der Waals surface area contributed by atoms with Crippen LogP contribution in [0.1, 0.15) is 12.7 Å². The van der Waals surface area contributed by atoms with Gasteiger partial charge in [-0.2, -0.15) is 0 Å². The molecule has 0 fully saturated rings. The summed E-state index contributed by atoms with van der Waals surface area (Å²) in [6.45, 7) is 4.45. The predicted octanol–water partition coefficient (Wildman–Crippen LogP) is 3.89. The van der Waals surface area contributed by atoms with E-state index in [2.05, 4.69) is 5.16 Å². The van der Waals surface area contributed by atoms with Crippen LogP contribution in [0, 0.1) is 6.92 Å². The molecule has 0 aliphatic carbocycles. The molecule has 0 saturated carbocycles. The van der Waals surface area contributed by atoms with Gasteiger partial charge in [0, 0.05) is 0 Å². The molecule has 0 atom stereocenters. The van der Waals surface area contributed by atoms with Crippen LogP contribution >= 0.6 is 0 Å². The van der Waals surface area contributed by atoms with Gasteiger partial charge in [-0.25, -0.2) is 0 Å². The van der Waals surface area contributed by atoms with Crippen molar-refractivity contribution in [2.24, 2.45) is 0 Å². The zero-order chi connectivity index (χ0) is 14.8. The lowest BCUT2D eigenvalue weighted by atomic mass is 10.0. The Bertz CT molecular complexity index is 741. The molecule has 21 heavy (non-hydrogen) atoms. The molecule has 0 saturated heterocycles. The summed E-state index contributed by atoms with van der Waals surface area (Å²) in [5.41, 5.74) is 8.50. The minimum Gasteiger partial charge on any atom is -0.494 e. The summed E-state index contributed by atoms with van der Waals surface area (Å²) in [5, 5.41) is 3.88. The third kappa shape index (κ3) is 2.38. The largest absolute Gasteiger partial charge is 0.494 e. The number of benzene rings is 1. The fraction of sp³-hybridized carbons (Fsp3) is 0.188. The van der Waals surface area contributed by atoms with Gasteiger partial charge in [-0.1, -0.05) is 17.3 Å². The van der Waals surface area contributed by atoms with Crippen LogP contribution in [0.2, 0.25) is 0 Å². The molecule has 108 valence electrons. The molecule has 0 aliphatic rings. The maximum atomic E-state index is 5.96. The Morgan fingerprint density at radius 3 is 2.57 bits per heavy atom. The number of hydrogen-bond acceptors (Lipinski definition) is 5. The standard InChI is InChI=1S/C16H16N2O3/c1-3-19-12-6-4-11(5-7-12)14-15(21-18-16(14)17)13-8-9-20-10(13)2/h4-9H,3H2,1-2H3,(H2,17,18). The molecule has 2 heterocycles. The van der Waals surface area contributed by atoms with Gasteiger partial charge in [0.05, 0.1) is 24.0 Å². The number of aryl methyl sites for hydroxylation is 1. The topological polar surface area (TPSA) is 74.4 Å². The molecule has 2 N–H and O–H groups in total. The van der Waals surface area contributed by atoms with Crippen LogP contribution in [0.4, 0.5) is 5.82 Å². The Balaban J connectivity index is 2.06. The molecular weight excluding hydrogens is 268 g/mol. The molecule has 5 nitrogen and oxygen atoms in total. The van der Waals surface area contributed by atoms with Crippen LogP contribution in [0.25, 0.3) is 22.5 Å². The molecule has 1 aromatic carbocycles. The van der Waals surface area contributed by atoms with Crippen LogP contribution in [-0.2, 0) is 0 Å². The van der Waals surface area contributed by atoms with Gasteiger partial charge in [-0.15, -0.1) is 0 Å². The highest BCUT2D eigenvalue weighted by Gasteiger charge is 2.20. The van der Waals surface area contributed by atoms with Gasteiger partial charge < -0.3 is 19.4 Å². The second-order valence-corrected chi connectivity index (χ2v) is 4.62. The van der Waals surface area contributed by atoms with Gasteiger partial charge in [-0.3, -0.25) is 0 Å². The number of ether oxygens (including phenoxy) is 1. The first-order chi connectivity index (χ1) is 10.2. The molecule has 3 aromatic rings. The van der Waals surface area contributed by atoms with Crippen molar-refractivity contribution in [2.75, 3.05) is 12.3 Å². The van der Waals surface area contributed by atoms with E-state index in [1.807, 2.05) is 44.2 Å². The van der Waals surface area contributed by atoms with Crippen LogP contribution < -0.4 is 10.5 Å². The number of hydrogen-bond donors (Lipinski definition) is 1. The smallest absolute Gasteiger partial charge is 0.180 e. The zero-order valence-corrected chi connectivity index (χ0v) is 11.9. The molecular formula is C16H16N2O3. The Kier molecular flexibility index (Phi) is 3.39. The first-order valence-corrected chi connectivity index (χ1v) is 6.73. The lowest BCUT2D eigenvalue weighted by molar-refractivity contribution is 0.340. The number of nitrogens with two attached hydrogens (primary N) is 1. The quantitative estimate of drug-likeness (QED) is 0.786. The van der Waals surface area contributed by atoms with Crippen LogP contribution in [-0.4, -0.2) is 11.8 Å². The number of nitrogen functional groups attached to an aromatic ring is 1. The van der Waals surface area contributed by atoms with E-state index in [1.165, 1.54) is 0 Å². The Morgan fingerprint density at radius 1 is 1.19 bits per heavy atom. The third-order valence-corrected chi connectivity index (χ3v) is 3.28. The van der Waals surface area contributed by atoms with Crippen molar-refractivity contribution in [3.8, 4) is 28.2 Å². The van der Waals surface area contributed by atoms with Crippen molar-refractivity contribution >= 4 is 5.82 Å². The number of rotatable bonds is 4. The SMILES string of the molecule is CCOc1ccc(-c2c(N)noc2-c2ccoc2C)cc1. The molecule has 0 unspecified atom stereocenters. The van der Waals surface area contributed by atoms with E-state index in [9.17, 15) is 0 Å². The van der Waals surface area contributed by atoms with Crippen molar-refractivity contribution in [2.45, 2.75) is 13.8 Å². The average Bonchev–Trinajstić information content (AvgIpc) is 3.06. The lowest BCUT2D eigenvalue weighted by Gasteiger charge is -2.05. The van der Waals surface area contributed by atoms with Gasteiger partial charge in [0.15, 0.2) is 11.6 Å². The second-order valence-electron chi connectivity index (χ2n) is 4.62. The summed E-state index contributed by atoms with van der Waals surface area (Å²) in [6, 6.07) is 9.52. The molecule has 0 amide bonds. The summed E-state index contributed by atoms with van der Waals surface area (Å²) >= 11 is 0. The van der Waals surface area contributed by atoms with Gasteiger partial charge in [0.2, 0.25) is 0 Å². The zero-order valence-electron chi connectivity index (χ0n) is 11.9. The minimum absolute atomic E-state index is 0.356. The monoisotopic (exact) mass is 284 g/mol. The van der Waals surface area contributed by atoms with E-state index in [1.54, 1.807) is 6.26 Å². The first-order valence-electron chi connectivity index (χ1n) is 6.73. The highest BCUT2D eigenvalue weighted by Crippen LogP contribution is 2.38. The van der Waals surface area contributed by atoms with Crippen molar-refractivity contribution in [1.29, 1.82) is 0 Å². The van der Waals surface area contributed by atoms with Crippen molar-refractivity contribution in [3.63, 3.8) is 0 Å². The summed E-state index contributed by atoms with van der Waals surface area (Å²) in [4.78, 5) is 0. The highest BCUT2D eigenvalue weighted by atomic mass is 16.5. The maximum absolute atomic E-state index is 5.96. The number of anilines is 1. The molecule has 5 heteroatoms. The van der Waals surface area contributed by atoms with Crippen LogP contribution in [0.15, 0.2) is 45.5 Å². The summed E-state index contributed by atoms with van der Waals surface area (Å²) in [7, 11) is 0. The van der Waals surface area contributed by atoms with E-state index < -0.39 is 0 Å². The second kappa shape index (κ2) is 5.36. The Hall–Kier alpha value is -2.69. The van der Waals surface area contributed by atoms with Crippen molar-refractivity contribution < 1.29 is 13.7 Å². The van der Waals surface area contributed by atoms with E-state index in [4.69, 9.17) is 19.4 Å². The van der Waals surface area contributed by atoms with Crippen LogP contribution in [0.3, 0.4) is 0 Å². The summed E-state index contributed by atoms with van der Waals surface area (Å²) in [6.07, 6.45) is 1.62. The average molecular weight is 284 g/mol. The predicted molar refractivity (Wildman–Crippen MR) is 80.0 cm³/mol. The Labute approximate surface area is 122 Å². The normalized spacial score (nSPS) is 10.8. The van der Waals surface area contributed by atoms with E-state index >= 15 is 0 Å². The van der Waals surface area contributed by atoms with Crippen molar-refractivity contribution in [3.05, 3.63) is 42.4 Å². The summed E-state index contributed by atoms with van der Waals surface area (Å²) in [5.74, 6) is 2.55. The van der Waals surface area contributed by atoms with Gasteiger partial charge in [-0.05, 0) is 37.6 Å². The Morgan fingerprint density at radius 2 is 1.95 bits per heavy atom. The fourth-order valence-electron chi connectivity index (χ4n) is 2.27. The third-order valence-electron chi connectivity index (χ3n) is 3.28. The minimum atomic E-state index is 0.356. The number of nitrogens with zero attached hydrogens (tertiary/aromatic N) is 1. The molecule has 0 spiro atoms. The fourth-order valence-corrected chi connectivity index (χ4v) is 2.27. The van der Waals surface area contributed by atoms with Gasteiger partial charge >= 0.3 is 0 Å². The number of aromatic nitrogens is 1. The lowest BCUT2D eigenvalue weighted by Crippen LogP contribution is -1.92. The molecule has 2 aromatic heterocycles. The van der Waals surface area contributed by atoms with E-state index in [0.29, 0.717) is 18.2 Å². The molecule has 3 rings (SSSR count). The van der Waals surface area contributed by atoms with Gasteiger partial charge in [0.25, 0.3) is 0 Å². The van der Waals surface area contributed by atoms with E-state index in [-0.39, 0.29) is 0 Å². The molecule has 0 aliphatic heterocycles. The highest BCUT2D eigenvalue weighted by molar-refractivity contribution is 5.87.